The lowest BCUT2D eigenvalue weighted by Crippen LogP contribution is -1.95. The maximum Gasteiger partial charge on any atom is 0.131 e. The lowest BCUT2D eigenvalue weighted by Gasteiger charge is -2.13. The molecule has 1 nitrogen and oxygen atoms in total. The standard InChI is InChI=1S/C17H15BrF2O/c18-13-7-15(20)10-17(8-13)21-16-6-12(5-14(19)9-16)11-3-1-2-4-11/h5-11H,1-4H2. The molecule has 0 heterocycles. The molecule has 1 saturated carbocycles. The summed E-state index contributed by atoms with van der Waals surface area (Å²) in [5, 5.41) is 0. The largest absolute Gasteiger partial charge is 0.457 e. The fourth-order valence-corrected chi connectivity index (χ4v) is 3.31. The van der Waals surface area contributed by atoms with E-state index < -0.39 is 5.82 Å². The fraction of sp³-hybridized carbons (Fsp3) is 0.294. The second-order valence-corrected chi connectivity index (χ2v) is 6.32. The molecule has 0 atom stereocenters. The first-order valence-corrected chi connectivity index (χ1v) is 7.84. The van der Waals surface area contributed by atoms with Gasteiger partial charge in [0.05, 0.1) is 0 Å². The van der Waals surface area contributed by atoms with Gasteiger partial charge in [-0.25, -0.2) is 8.78 Å². The first kappa shape index (κ1) is 14.5. The summed E-state index contributed by atoms with van der Waals surface area (Å²) in [5.41, 5.74) is 0.970. The van der Waals surface area contributed by atoms with Crippen molar-refractivity contribution in [3.8, 4) is 11.5 Å². The van der Waals surface area contributed by atoms with Crippen molar-refractivity contribution in [3.05, 3.63) is 58.1 Å². The van der Waals surface area contributed by atoms with Crippen molar-refractivity contribution in [1.82, 2.24) is 0 Å². The zero-order valence-corrected chi connectivity index (χ0v) is 13.0. The average Bonchev–Trinajstić information content (AvgIpc) is 2.90. The number of benzene rings is 2. The number of halogens is 3. The molecule has 0 N–H and O–H groups in total. The smallest absolute Gasteiger partial charge is 0.131 e. The van der Waals surface area contributed by atoms with Crippen molar-refractivity contribution in [3.63, 3.8) is 0 Å². The van der Waals surface area contributed by atoms with Crippen LogP contribution in [-0.4, -0.2) is 0 Å². The van der Waals surface area contributed by atoms with Crippen molar-refractivity contribution >= 4 is 15.9 Å². The van der Waals surface area contributed by atoms with Crippen LogP contribution in [0, 0.1) is 11.6 Å². The van der Waals surface area contributed by atoms with E-state index in [1.165, 1.54) is 31.0 Å². The Kier molecular flexibility index (Phi) is 4.24. The summed E-state index contributed by atoms with van der Waals surface area (Å²) in [4.78, 5) is 0. The molecule has 0 aromatic heterocycles. The Bertz CT molecular complexity index is 631. The fourth-order valence-electron chi connectivity index (χ4n) is 2.86. The highest BCUT2D eigenvalue weighted by Gasteiger charge is 2.18. The molecule has 1 aliphatic rings. The molecular formula is C17H15BrF2O. The summed E-state index contributed by atoms with van der Waals surface area (Å²) in [5.74, 6) is 0.457. The monoisotopic (exact) mass is 352 g/mol. The van der Waals surface area contributed by atoms with Crippen molar-refractivity contribution in [2.24, 2.45) is 0 Å². The van der Waals surface area contributed by atoms with E-state index in [0.717, 1.165) is 18.4 Å². The normalized spacial score (nSPS) is 15.4. The Morgan fingerprint density at radius 1 is 0.857 bits per heavy atom. The van der Waals surface area contributed by atoms with Crippen molar-refractivity contribution in [2.75, 3.05) is 0 Å². The van der Waals surface area contributed by atoms with Gasteiger partial charge in [-0.15, -0.1) is 0 Å². The van der Waals surface area contributed by atoms with Crippen LogP contribution in [0.5, 0.6) is 11.5 Å². The minimum Gasteiger partial charge on any atom is -0.457 e. The molecule has 0 spiro atoms. The van der Waals surface area contributed by atoms with Crippen LogP contribution in [-0.2, 0) is 0 Å². The molecule has 0 unspecified atom stereocenters. The maximum atomic E-state index is 13.8. The summed E-state index contributed by atoms with van der Waals surface area (Å²) < 4.78 is 33.3. The predicted octanol–water partition coefficient (Wildman–Crippen LogP) is 6.18. The van der Waals surface area contributed by atoms with E-state index >= 15 is 0 Å². The van der Waals surface area contributed by atoms with Gasteiger partial charge in [-0.3, -0.25) is 0 Å². The van der Waals surface area contributed by atoms with Crippen LogP contribution < -0.4 is 4.74 Å². The Hall–Kier alpha value is -1.42. The summed E-state index contributed by atoms with van der Waals surface area (Å²) in [6, 6.07) is 9.05. The highest BCUT2D eigenvalue weighted by molar-refractivity contribution is 9.10. The third kappa shape index (κ3) is 3.62. The molecule has 1 aliphatic carbocycles. The van der Waals surface area contributed by atoms with Gasteiger partial charge in [0.25, 0.3) is 0 Å². The molecule has 0 radical (unpaired) electrons. The Labute approximate surface area is 131 Å². The van der Waals surface area contributed by atoms with Crippen LogP contribution in [0.4, 0.5) is 8.78 Å². The molecule has 0 amide bonds. The van der Waals surface area contributed by atoms with Crippen molar-refractivity contribution in [2.45, 2.75) is 31.6 Å². The highest BCUT2D eigenvalue weighted by Crippen LogP contribution is 2.36. The zero-order chi connectivity index (χ0) is 14.8. The highest BCUT2D eigenvalue weighted by atomic mass is 79.9. The van der Waals surface area contributed by atoms with Gasteiger partial charge in [0.15, 0.2) is 0 Å². The number of hydrogen-bond donors (Lipinski definition) is 0. The van der Waals surface area contributed by atoms with Gasteiger partial charge in [0.1, 0.15) is 23.1 Å². The second-order valence-electron chi connectivity index (χ2n) is 5.41. The van der Waals surface area contributed by atoms with Crippen LogP contribution >= 0.6 is 15.9 Å². The lowest BCUT2D eigenvalue weighted by atomic mass is 9.97. The molecule has 4 heteroatoms. The topological polar surface area (TPSA) is 9.23 Å². The van der Waals surface area contributed by atoms with Crippen LogP contribution in [0.2, 0.25) is 0 Å². The maximum absolute atomic E-state index is 13.8. The van der Waals surface area contributed by atoms with Gasteiger partial charge in [0, 0.05) is 16.6 Å². The Morgan fingerprint density at radius 2 is 1.48 bits per heavy atom. The first-order valence-electron chi connectivity index (χ1n) is 7.04. The van der Waals surface area contributed by atoms with E-state index in [9.17, 15) is 8.78 Å². The number of ether oxygens (including phenoxy) is 1. The van der Waals surface area contributed by atoms with E-state index in [1.807, 2.05) is 6.07 Å². The molecule has 0 bridgehead atoms. The van der Waals surface area contributed by atoms with E-state index in [1.54, 1.807) is 12.1 Å². The van der Waals surface area contributed by atoms with Crippen LogP contribution in [0.25, 0.3) is 0 Å². The molecular weight excluding hydrogens is 338 g/mol. The zero-order valence-electron chi connectivity index (χ0n) is 11.4. The molecule has 3 rings (SSSR count). The van der Waals surface area contributed by atoms with E-state index in [4.69, 9.17) is 4.74 Å². The minimum atomic E-state index is -0.396. The molecule has 110 valence electrons. The number of rotatable bonds is 3. The van der Waals surface area contributed by atoms with Crippen molar-refractivity contribution < 1.29 is 13.5 Å². The van der Waals surface area contributed by atoms with Crippen LogP contribution in [0.3, 0.4) is 0 Å². The first-order chi connectivity index (χ1) is 10.1. The summed E-state index contributed by atoms with van der Waals surface area (Å²) in [6.07, 6.45) is 4.56. The van der Waals surface area contributed by atoms with Crippen molar-refractivity contribution in [1.29, 1.82) is 0 Å². The van der Waals surface area contributed by atoms with Gasteiger partial charge < -0.3 is 4.74 Å². The summed E-state index contributed by atoms with van der Waals surface area (Å²) in [6.45, 7) is 0. The Morgan fingerprint density at radius 3 is 2.14 bits per heavy atom. The number of hydrogen-bond acceptors (Lipinski definition) is 1. The lowest BCUT2D eigenvalue weighted by molar-refractivity contribution is 0.469. The minimum absolute atomic E-state index is 0.315. The van der Waals surface area contributed by atoms with Gasteiger partial charge in [-0.2, -0.15) is 0 Å². The van der Waals surface area contributed by atoms with Gasteiger partial charge >= 0.3 is 0 Å². The SMILES string of the molecule is Fc1cc(Br)cc(Oc2cc(F)cc(C3CCCC3)c2)c1. The molecule has 21 heavy (non-hydrogen) atoms. The van der Waals surface area contributed by atoms with Gasteiger partial charge in [-0.1, -0.05) is 28.8 Å². The second kappa shape index (κ2) is 6.14. The molecule has 2 aromatic rings. The third-order valence-corrected chi connectivity index (χ3v) is 4.25. The summed E-state index contributed by atoms with van der Waals surface area (Å²) in [7, 11) is 0. The Balaban J connectivity index is 1.87. The van der Waals surface area contributed by atoms with Crippen LogP contribution in [0.1, 0.15) is 37.2 Å². The summed E-state index contributed by atoms with van der Waals surface area (Å²) >= 11 is 3.22. The average molecular weight is 353 g/mol. The van der Waals surface area contributed by atoms with E-state index in [-0.39, 0.29) is 5.82 Å². The quantitative estimate of drug-likeness (QED) is 0.640. The molecule has 0 saturated heterocycles. The van der Waals surface area contributed by atoms with E-state index in [2.05, 4.69) is 15.9 Å². The third-order valence-electron chi connectivity index (χ3n) is 3.79. The molecule has 2 aromatic carbocycles. The van der Waals surface area contributed by atoms with E-state index in [0.29, 0.717) is 21.9 Å². The molecule has 1 fully saturated rings. The van der Waals surface area contributed by atoms with Gasteiger partial charge in [0.2, 0.25) is 0 Å². The molecule has 0 aliphatic heterocycles. The predicted molar refractivity (Wildman–Crippen MR) is 81.8 cm³/mol. The van der Waals surface area contributed by atoms with Gasteiger partial charge in [-0.05, 0) is 48.6 Å². The van der Waals surface area contributed by atoms with Crippen LogP contribution in [0.15, 0.2) is 40.9 Å².